The van der Waals surface area contributed by atoms with Gasteiger partial charge in [0, 0.05) is 24.0 Å². The molecule has 0 bridgehead atoms. The van der Waals surface area contributed by atoms with Crippen LogP contribution in [0.5, 0.6) is 0 Å². The average molecular weight is 272 g/mol. The van der Waals surface area contributed by atoms with E-state index in [2.05, 4.69) is 31.5 Å². The average Bonchev–Trinajstić information content (AvgIpc) is 2.18. The Labute approximate surface area is 95.0 Å². The molecule has 0 saturated carbocycles. The molecule has 1 aliphatic rings. The maximum absolute atomic E-state index is 10.5. The third-order valence-corrected chi connectivity index (χ3v) is 3.00. The molecule has 0 fully saturated rings. The van der Waals surface area contributed by atoms with Crippen LogP contribution in [-0.4, -0.2) is 28.8 Å². The molecule has 6 heteroatoms. The maximum Gasteiger partial charge on any atom is 0.404 e. The summed E-state index contributed by atoms with van der Waals surface area (Å²) in [6, 6.07) is 1.78. The van der Waals surface area contributed by atoms with Crippen molar-refractivity contribution in [3.63, 3.8) is 0 Å². The first-order valence-electron chi connectivity index (χ1n) is 4.53. The van der Waals surface area contributed by atoms with Gasteiger partial charge in [-0.3, -0.25) is 0 Å². The van der Waals surface area contributed by atoms with Crippen molar-refractivity contribution >= 4 is 27.7 Å². The molecule has 1 aliphatic heterocycles. The Morgan fingerprint density at radius 3 is 3.27 bits per heavy atom. The Kier molecular flexibility index (Phi) is 2.77. The van der Waals surface area contributed by atoms with Crippen LogP contribution >= 0.6 is 15.9 Å². The number of anilines is 1. The maximum atomic E-state index is 10.5. The highest BCUT2D eigenvalue weighted by Gasteiger charge is 2.21. The van der Waals surface area contributed by atoms with E-state index < -0.39 is 6.09 Å². The number of pyridine rings is 1. The SMILES string of the molecule is O=C(O)NC1CNc2ccnc(Br)c2C1. The number of rotatable bonds is 1. The smallest absolute Gasteiger partial charge is 0.404 e. The summed E-state index contributed by atoms with van der Waals surface area (Å²) in [5, 5.41) is 14.2. The highest BCUT2D eigenvalue weighted by atomic mass is 79.9. The van der Waals surface area contributed by atoms with Gasteiger partial charge in [-0.05, 0) is 28.4 Å². The molecule has 0 radical (unpaired) electrons. The zero-order valence-electron chi connectivity index (χ0n) is 7.83. The van der Waals surface area contributed by atoms with E-state index in [0.717, 1.165) is 15.9 Å². The van der Waals surface area contributed by atoms with Gasteiger partial charge in [0.15, 0.2) is 0 Å². The van der Waals surface area contributed by atoms with Crippen LogP contribution in [0, 0.1) is 0 Å². The number of carboxylic acid groups (broad SMARTS) is 1. The summed E-state index contributed by atoms with van der Waals surface area (Å²) < 4.78 is 0.768. The largest absolute Gasteiger partial charge is 0.465 e. The van der Waals surface area contributed by atoms with Crippen molar-refractivity contribution in [1.82, 2.24) is 10.3 Å². The summed E-state index contributed by atoms with van der Waals surface area (Å²) in [5.41, 5.74) is 2.03. The van der Waals surface area contributed by atoms with Crippen molar-refractivity contribution < 1.29 is 9.90 Å². The van der Waals surface area contributed by atoms with Gasteiger partial charge >= 0.3 is 6.09 Å². The molecule has 0 spiro atoms. The van der Waals surface area contributed by atoms with Crippen LogP contribution in [0.15, 0.2) is 16.9 Å². The third-order valence-electron chi connectivity index (χ3n) is 2.32. The van der Waals surface area contributed by atoms with Gasteiger partial charge in [0.05, 0.1) is 6.04 Å². The first-order chi connectivity index (χ1) is 7.16. The van der Waals surface area contributed by atoms with Gasteiger partial charge in [-0.25, -0.2) is 9.78 Å². The lowest BCUT2D eigenvalue weighted by Gasteiger charge is -2.26. The molecule has 15 heavy (non-hydrogen) atoms. The fraction of sp³-hybridized carbons (Fsp3) is 0.333. The van der Waals surface area contributed by atoms with Gasteiger partial charge < -0.3 is 15.7 Å². The van der Waals surface area contributed by atoms with Crippen molar-refractivity contribution in [2.45, 2.75) is 12.5 Å². The Morgan fingerprint density at radius 1 is 1.73 bits per heavy atom. The minimum atomic E-state index is -0.995. The second-order valence-corrected chi connectivity index (χ2v) is 4.11. The number of nitrogens with zero attached hydrogens (tertiary/aromatic N) is 1. The molecule has 1 aromatic rings. The van der Waals surface area contributed by atoms with Crippen molar-refractivity contribution in [3.05, 3.63) is 22.4 Å². The van der Waals surface area contributed by atoms with E-state index in [1.54, 1.807) is 6.20 Å². The number of hydrogen-bond donors (Lipinski definition) is 3. The molecule has 1 unspecified atom stereocenters. The molecule has 0 aromatic carbocycles. The lowest BCUT2D eigenvalue weighted by atomic mass is 10.0. The molecule has 0 saturated heterocycles. The van der Waals surface area contributed by atoms with Crippen LogP contribution in [0.4, 0.5) is 10.5 Å². The molecule has 0 aliphatic carbocycles. The number of carbonyl (C=O) groups is 1. The highest BCUT2D eigenvalue weighted by Crippen LogP contribution is 2.26. The molecule has 3 N–H and O–H groups in total. The number of amides is 1. The van der Waals surface area contributed by atoms with Crippen molar-refractivity contribution in [2.24, 2.45) is 0 Å². The summed E-state index contributed by atoms with van der Waals surface area (Å²) in [6.45, 7) is 0.607. The van der Waals surface area contributed by atoms with Gasteiger partial charge in [0.25, 0.3) is 0 Å². The summed E-state index contributed by atoms with van der Waals surface area (Å²) in [4.78, 5) is 14.6. The van der Waals surface area contributed by atoms with Crippen LogP contribution < -0.4 is 10.6 Å². The standard InChI is InChI=1S/C9H10BrN3O2/c10-8-6-3-5(13-9(14)15)4-12-7(6)1-2-11-8/h1-2,5,12-13H,3-4H2,(H,14,15). The third kappa shape index (κ3) is 2.20. The molecule has 5 nitrogen and oxygen atoms in total. The summed E-state index contributed by atoms with van der Waals surface area (Å²) in [7, 11) is 0. The monoisotopic (exact) mass is 271 g/mol. The predicted octanol–water partition coefficient (Wildman–Crippen LogP) is 1.45. The van der Waals surface area contributed by atoms with E-state index in [4.69, 9.17) is 5.11 Å². The van der Waals surface area contributed by atoms with Crippen molar-refractivity contribution in [2.75, 3.05) is 11.9 Å². The number of aromatic nitrogens is 1. The topological polar surface area (TPSA) is 74.2 Å². The Morgan fingerprint density at radius 2 is 2.53 bits per heavy atom. The van der Waals surface area contributed by atoms with E-state index in [-0.39, 0.29) is 6.04 Å². The fourth-order valence-corrected chi connectivity index (χ4v) is 2.15. The van der Waals surface area contributed by atoms with Crippen LogP contribution in [0.1, 0.15) is 5.56 Å². The van der Waals surface area contributed by atoms with Gasteiger partial charge in [-0.2, -0.15) is 0 Å². The second-order valence-electron chi connectivity index (χ2n) is 3.36. The molecular weight excluding hydrogens is 262 g/mol. The number of nitrogens with one attached hydrogen (secondary N) is 2. The predicted molar refractivity (Wildman–Crippen MR) is 59.1 cm³/mol. The van der Waals surface area contributed by atoms with Gasteiger partial charge in [0.1, 0.15) is 4.60 Å². The molecule has 1 aromatic heterocycles. The van der Waals surface area contributed by atoms with E-state index >= 15 is 0 Å². The molecule has 2 heterocycles. The van der Waals surface area contributed by atoms with Crippen molar-refractivity contribution in [1.29, 1.82) is 0 Å². The van der Waals surface area contributed by atoms with Gasteiger partial charge in [-0.1, -0.05) is 0 Å². The lowest BCUT2D eigenvalue weighted by Crippen LogP contribution is -2.43. The Balaban J connectivity index is 2.18. The normalized spacial score (nSPS) is 18.9. The van der Waals surface area contributed by atoms with E-state index in [0.29, 0.717) is 13.0 Å². The highest BCUT2D eigenvalue weighted by molar-refractivity contribution is 9.10. The van der Waals surface area contributed by atoms with Gasteiger partial charge in [0.2, 0.25) is 0 Å². The van der Waals surface area contributed by atoms with Gasteiger partial charge in [-0.15, -0.1) is 0 Å². The second kappa shape index (κ2) is 4.06. The first kappa shape index (κ1) is 10.2. The summed E-state index contributed by atoms with van der Waals surface area (Å²) in [5.74, 6) is 0. The van der Waals surface area contributed by atoms with Crippen LogP contribution in [0.3, 0.4) is 0 Å². The van der Waals surface area contributed by atoms with E-state index in [9.17, 15) is 4.79 Å². The Bertz CT molecular complexity index is 397. The van der Waals surface area contributed by atoms with Crippen LogP contribution in [0.25, 0.3) is 0 Å². The Hall–Kier alpha value is -1.30. The molecule has 1 atom stereocenters. The minimum Gasteiger partial charge on any atom is -0.465 e. The summed E-state index contributed by atoms with van der Waals surface area (Å²) >= 11 is 3.35. The zero-order chi connectivity index (χ0) is 10.8. The zero-order valence-corrected chi connectivity index (χ0v) is 9.41. The van der Waals surface area contributed by atoms with Crippen LogP contribution in [0.2, 0.25) is 0 Å². The molecular formula is C9H10BrN3O2. The lowest BCUT2D eigenvalue weighted by molar-refractivity contribution is 0.190. The van der Waals surface area contributed by atoms with Crippen LogP contribution in [-0.2, 0) is 6.42 Å². The molecule has 2 rings (SSSR count). The summed E-state index contributed by atoms with van der Waals surface area (Å²) in [6.07, 6.45) is 1.37. The fourth-order valence-electron chi connectivity index (χ4n) is 1.66. The quantitative estimate of drug-likeness (QED) is 0.676. The number of hydrogen-bond acceptors (Lipinski definition) is 3. The van der Waals surface area contributed by atoms with E-state index in [1.807, 2.05) is 6.07 Å². The molecule has 1 amide bonds. The number of halogens is 1. The van der Waals surface area contributed by atoms with E-state index in [1.165, 1.54) is 0 Å². The number of fused-ring (bicyclic) bond motifs is 1. The minimum absolute atomic E-state index is 0.101. The first-order valence-corrected chi connectivity index (χ1v) is 5.33. The molecule has 80 valence electrons. The van der Waals surface area contributed by atoms with Crippen molar-refractivity contribution in [3.8, 4) is 0 Å².